The van der Waals surface area contributed by atoms with Crippen LogP contribution >= 0.6 is 12.4 Å². The summed E-state index contributed by atoms with van der Waals surface area (Å²) < 4.78 is 18.9. The number of nitrogens with zero attached hydrogens (tertiary/aromatic N) is 1. The Kier molecular flexibility index (Phi) is 12.2. The van der Waals surface area contributed by atoms with Crippen LogP contribution in [0.5, 0.6) is 0 Å². The van der Waals surface area contributed by atoms with Crippen molar-refractivity contribution in [2.75, 3.05) is 41.0 Å². The second-order valence-electron chi connectivity index (χ2n) is 5.20. The summed E-state index contributed by atoms with van der Waals surface area (Å²) in [6.07, 6.45) is 2.93. The quantitative estimate of drug-likeness (QED) is 0.450. The van der Waals surface area contributed by atoms with Gasteiger partial charge < -0.3 is 18.6 Å². The maximum absolute atomic E-state index is 5.59. The minimum absolute atomic E-state index is 0. The molecular weight excluding hydrogens is 344 g/mol. The molecule has 0 saturated heterocycles. The molecule has 1 N–H and O–H groups in total. The van der Waals surface area contributed by atoms with E-state index in [0.717, 1.165) is 26.1 Å². The first kappa shape index (κ1) is 23.3. The SMILES string of the molecule is C=CC(NCCN(CCC)[Si](OC)(OC)OC)c1ccccc1.Cl. The maximum atomic E-state index is 5.59. The smallest absolute Gasteiger partial charge is 0.364 e. The molecule has 24 heavy (non-hydrogen) atoms. The topological polar surface area (TPSA) is 43.0 Å². The normalized spacial score (nSPS) is 12.7. The van der Waals surface area contributed by atoms with Crippen molar-refractivity contribution in [3.8, 4) is 0 Å². The molecule has 0 fully saturated rings. The number of hydrogen-bond donors (Lipinski definition) is 1. The summed E-state index contributed by atoms with van der Waals surface area (Å²) in [4.78, 5) is 0. The molecule has 0 saturated carbocycles. The van der Waals surface area contributed by atoms with Gasteiger partial charge in [0.2, 0.25) is 0 Å². The summed E-state index contributed by atoms with van der Waals surface area (Å²) in [5.41, 5.74) is 1.21. The molecule has 0 aliphatic rings. The Labute approximate surface area is 153 Å². The molecule has 1 atom stereocenters. The van der Waals surface area contributed by atoms with Gasteiger partial charge in [-0.05, 0) is 18.5 Å². The second kappa shape index (κ2) is 12.6. The number of halogens is 1. The van der Waals surface area contributed by atoms with Gasteiger partial charge in [-0.3, -0.25) is 4.57 Å². The highest BCUT2D eigenvalue weighted by Crippen LogP contribution is 2.15. The molecule has 0 bridgehead atoms. The van der Waals surface area contributed by atoms with Crippen molar-refractivity contribution in [1.82, 2.24) is 9.88 Å². The van der Waals surface area contributed by atoms with E-state index < -0.39 is 8.97 Å². The molecule has 0 amide bonds. The highest BCUT2D eigenvalue weighted by molar-refractivity contribution is 6.57. The summed E-state index contributed by atoms with van der Waals surface area (Å²) in [5, 5.41) is 3.51. The number of nitrogens with one attached hydrogen (secondary N) is 1. The van der Waals surface area contributed by atoms with Crippen LogP contribution in [-0.2, 0) is 13.3 Å². The second-order valence-corrected chi connectivity index (χ2v) is 8.11. The standard InChI is InChI=1S/C17H30N2O3Si.ClH/c1-6-14-19(23(20-3,21-4)22-5)15-13-18-17(7-2)16-11-9-8-10-12-16;/h7-12,17-18H,2,6,13-15H2,1,3-5H3;1H. The summed E-state index contributed by atoms with van der Waals surface area (Å²) in [7, 11) is 2.17. The summed E-state index contributed by atoms with van der Waals surface area (Å²) in [6.45, 7) is 8.50. The number of benzene rings is 1. The Morgan fingerprint density at radius 2 is 1.71 bits per heavy atom. The molecule has 0 aliphatic heterocycles. The highest BCUT2D eigenvalue weighted by atomic mass is 35.5. The van der Waals surface area contributed by atoms with Crippen LogP contribution in [0, 0.1) is 0 Å². The lowest BCUT2D eigenvalue weighted by Crippen LogP contribution is -2.61. The van der Waals surface area contributed by atoms with Crippen molar-refractivity contribution >= 4 is 21.4 Å². The van der Waals surface area contributed by atoms with Crippen molar-refractivity contribution in [2.45, 2.75) is 19.4 Å². The summed E-state index contributed by atoms with van der Waals surface area (Å²) in [5.74, 6) is 0. The van der Waals surface area contributed by atoms with Gasteiger partial charge in [0, 0.05) is 34.4 Å². The van der Waals surface area contributed by atoms with E-state index in [1.807, 2.05) is 24.3 Å². The predicted molar refractivity (Wildman–Crippen MR) is 103 cm³/mol. The van der Waals surface area contributed by atoms with E-state index in [9.17, 15) is 0 Å². The zero-order valence-corrected chi connectivity index (χ0v) is 17.0. The van der Waals surface area contributed by atoms with Gasteiger partial charge >= 0.3 is 8.97 Å². The first-order valence-corrected chi connectivity index (χ1v) is 9.66. The van der Waals surface area contributed by atoms with Gasteiger partial charge in [0.1, 0.15) is 0 Å². The molecule has 1 aromatic carbocycles. The van der Waals surface area contributed by atoms with E-state index in [1.165, 1.54) is 5.56 Å². The van der Waals surface area contributed by atoms with Gasteiger partial charge in [-0.15, -0.1) is 19.0 Å². The fourth-order valence-corrected chi connectivity index (χ4v) is 4.80. The molecule has 1 aromatic rings. The molecule has 1 rings (SSSR count). The molecule has 138 valence electrons. The molecule has 1 unspecified atom stereocenters. The average molecular weight is 375 g/mol. The van der Waals surface area contributed by atoms with Crippen LogP contribution in [0.1, 0.15) is 24.9 Å². The molecule has 0 aliphatic carbocycles. The third-order valence-corrected chi connectivity index (χ3v) is 6.56. The Bertz CT molecular complexity index is 438. The average Bonchev–Trinajstić information content (AvgIpc) is 2.61. The fourth-order valence-electron chi connectivity index (χ4n) is 2.65. The van der Waals surface area contributed by atoms with Crippen molar-refractivity contribution in [2.24, 2.45) is 0 Å². The van der Waals surface area contributed by atoms with Crippen molar-refractivity contribution in [3.05, 3.63) is 48.6 Å². The van der Waals surface area contributed by atoms with Crippen molar-refractivity contribution in [3.63, 3.8) is 0 Å². The minimum Gasteiger partial charge on any atom is -0.364 e. The fraction of sp³-hybridized carbons (Fsp3) is 0.529. The lowest BCUT2D eigenvalue weighted by atomic mass is 10.1. The summed E-state index contributed by atoms with van der Waals surface area (Å²) in [6, 6.07) is 10.4. The van der Waals surface area contributed by atoms with E-state index in [4.69, 9.17) is 13.3 Å². The van der Waals surface area contributed by atoms with Crippen LogP contribution in [0.3, 0.4) is 0 Å². The van der Waals surface area contributed by atoms with E-state index in [-0.39, 0.29) is 18.4 Å². The van der Waals surface area contributed by atoms with Crippen LogP contribution in [0.15, 0.2) is 43.0 Å². The highest BCUT2D eigenvalue weighted by Gasteiger charge is 2.45. The molecule has 5 nitrogen and oxygen atoms in total. The van der Waals surface area contributed by atoms with Gasteiger partial charge in [0.15, 0.2) is 0 Å². The third kappa shape index (κ3) is 6.29. The zero-order chi connectivity index (χ0) is 17.1. The van der Waals surface area contributed by atoms with Gasteiger partial charge in [0.05, 0.1) is 6.04 Å². The third-order valence-electron chi connectivity index (χ3n) is 3.80. The maximum Gasteiger partial charge on any atom is 0.598 e. The Morgan fingerprint density at radius 1 is 1.12 bits per heavy atom. The van der Waals surface area contributed by atoms with Crippen LogP contribution in [0.4, 0.5) is 0 Å². The lowest BCUT2D eigenvalue weighted by molar-refractivity contribution is 0.0574. The van der Waals surface area contributed by atoms with Gasteiger partial charge in [-0.25, -0.2) is 0 Å². The summed E-state index contributed by atoms with van der Waals surface area (Å²) >= 11 is 0. The van der Waals surface area contributed by atoms with E-state index in [2.05, 4.69) is 35.5 Å². The zero-order valence-electron chi connectivity index (χ0n) is 15.2. The number of rotatable bonds is 12. The Hall–Kier alpha value is -0.733. The predicted octanol–water partition coefficient (Wildman–Crippen LogP) is 3.01. The van der Waals surface area contributed by atoms with E-state index in [1.54, 1.807) is 21.3 Å². The van der Waals surface area contributed by atoms with Crippen molar-refractivity contribution in [1.29, 1.82) is 0 Å². The monoisotopic (exact) mass is 374 g/mol. The molecule has 0 aromatic heterocycles. The van der Waals surface area contributed by atoms with Crippen LogP contribution in [0.25, 0.3) is 0 Å². The Balaban J connectivity index is 0.00000529. The van der Waals surface area contributed by atoms with Gasteiger partial charge in [0.25, 0.3) is 0 Å². The Morgan fingerprint density at radius 3 is 2.17 bits per heavy atom. The number of hydrogen-bond acceptors (Lipinski definition) is 5. The first-order chi connectivity index (χ1) is 11.2. The minimum atomic E-state index is -2.76. The first-order valence-electron chi connectivity index (χ1n) is 7.98. The van der Waals surface area contributed by atoms with Gasteiger partial charge in [-0.2, -0.15) is 0 Å². The lowest BCUT2D eigenvalue weighted by Gasteiger charge is -2.35. The molecule has 0 heterocycles. The molecule has 7 heteroatoms. The molecule has 0 radical (unpaired) electrons. The van der Waals surface area contributed by atoms with Gasteiger partial charge in [-0.1, -0.05) is 43.3 Å². The molecule has 0 spiro atoms. The van der Waals surface area contributed by atoms with Crippen molar-refractivity contribution < 1.29 is 13.3 Å². The van der Waals surface area contributed by atoms with Crippen LogP contribution in [0.2, 0.25) is 0 Å². The van der Waals surface area contributed by atoms with E-state index in [0.29, 0.717) is 0 Å². The largest absolute Gasteiger partial charge is 0.598 e. The van der Waals surface area contributed by atoms with Crippen LogP contribution in [-0.4, -0.2) is 54.5 Å². The van der Waals surface area contributed by atoms with E-state index >= 15 is 0 Å². The van der Waals surface area contributed by atoms with Crippen LogP contribution < -0.4 is 5.32 Å². The molecular formula is C17H31ClN2O3Si.